The molecule has 112 valence electrons. The number of rotatable bonds is 7. The minimum atomic E-state index is -3.30. The predicted molar refractivity (Wildman–Crippen MR) is 73.3 cm³/mol. The lowest BCUT2D eigenvalue weighted by atomic mass is 10.3. The van der Waals surface area contributed by atoms with Gasteiger partial charge in [-0.2, -0.15) is 0 Å². The van der Waals surface area contributed by atoms with Crippen LogP contribution in [-0.4, -0.2) is 56.8 Å². The van der Waals surface area contributed by atoms with E-state index < -0.39 is 15.3 Å². The van der Waals surface area contributed by atoms with Gasteiger partial charge in [0.05, 0.1) is 11.4 Å². The third kappa shape index (κ3) is 4.74. The van der Waals surface area contributed by atoms with Crippen LogP contribution in [0.15, 0.2) is 0 Å². The van der Waals surface area contributed by atoms with Crippen molar-refractivity contribution in [2.45, 2.75) is 45.0 Å². The largest absolute Gasteiger partial charge is 0.369 e. The van der Waals surface area contributed by atoms with E-state index >= 15 is 0 Å². The van der Waals surface area contributed by atoms with Gasteiger partial charge in [-0.15, -0.1) is 0 Å². The van der Waals surface area contributed by atoms with E-state index in [4.69, 9.17) is 4.74 Å². The van der Waals surface area contributed by atoms with E-state index in [-0.39, 0.29) is 25.2 Å². The van der Waals surface area contributed by atoms with E-state index in [0.717, 1.165) is 6.42 Å². The standard InChI is InChI=1S/C12H24N2O4S/c1-4-10(3)18-9-12(15)14-7-6-11(8-14)19(16,17)13-5-2/h10-11,13H,4-9H2,1-3H3. The molecule has 0 spiro atoms. The van der Waals surface area contributed by atoms with E-state index in [9.17, 15) is 13.2 Å². The Kier molecular flexibility index (Phi) is 6.22. The van der Waals surface area contributed by atoms with Crippen molar-refractivity contribution in [1.29, 1.82) is 0 Å². The number of sulfonamides is 1. The molecule has 1 fully saturated rings. The molecule has 1 saturated heterocycles. The number of carbonyl (C=O) groups excluding carboxylic acids is 1. The Labute approximate surface area is 115 Å². The Bertz CT molecular complexity index is 397. The van der Waals surface area contributed by atoms with Crippen LogP contribution in [0.4, 0.5) is 0 Å². The zero-order valence-corrected chi connectivity index (χ0v) is 12.7. The zero-order chi connectivity index (χ0) is 14.5. The molecule has 0 saturated carbocycles. The molecule has 2 unspecified atom stereocenters. The molecule has 7 heteroatoms. The first-order valence-corrected chi connectivity index (χ1v) is 8.33. The molecule has 2 atom stereocenters. The summed E-state index contributed by atoms with van der Waals surface area (Å²) in [4.78, 5) is 13.5. The van der Waals surface area contributed by atoms with E-state index in [1.165, 1.54) is 0 Å². The molecule has 0 aromatic heterocycles. The molecule has 1 heterocycles. The normalized spacial score (nSPS) is 21.6. The highest BCUT2D eigenvalue weighted by Gasteiger charge is 2.34. The average molecular weight is 292 g/mol. The second-order valence-corrected chi connectivity index (χ2v) is 6.87. The fourth-order valence-electron chi connectivity index (χ4n) is 1.95. The smallest absolute Gasteiger partial charge is 0.248 e. The molecule has 19 heavy (non-hydrogen) atoms. The van der Waals surface area contributed by atoms with Crippen molar-refractivity contribution in [3.8, 4) is 0 Å². The molecule has 1 amide bonds. The monoisotopic (exact) mass is 292 g/mol. The van der Waals surface area contributed by atoms with Gasteiger partial charge in [0.1, 0.15) is 6.61 Å². The minimum absolute atomic E-state index is 0.0307. The number of ether oxygens (including phenoxy) is 1. The third-order valence-electron chi connectivity index (χ3n) is 3.35. The summed E-state index contributed by atoms with van der Waals surface area (Å²) in [5.41, 5.74) is 0. The topological polar surface area (TPSA) is 75.7 Å². The molecule has 0 aliphatic carbocycles. The summed E-state index contributed by atoms with van der Waals surface area (Å²) in [6, 6.07) is 0. The molecule has 0 bridgehead atoms. The Morgan fingerprint density at radius 2 is 2.16 bits per heavy atom. The van der Waals surface area contributed by atoms with E-state index in [1.807, 2.05) is 13.8 Å². The average Bonchev–Trinajstić information content (AvgIpc) is 2.85. The van der Waals surface area contributed by atoms with Crippen LogP contribution < -0.4 is 4.72 Å². The molecule has 6 nitrogen and oxygen atoms in total. The van der Waals surface area contributed by atoms with E-state index in [1.54, 1.807) is 11.8 Å². The van der Waals surface area contributed by atoms with E-state index in [0.29, 0.717) is 19.5 Å². The van der Waals surface area contributed by atoms with Gasteiger partial charge in [-0.05, 0) is 19.8 Å². The number of nitrogens with one attached hydrogen (secondary N) is 1. The first-order valence-electron chi connectivity index (χ1n) is 6.78. The lowest BCUT2D eigenvalue weighted by Gasteiger charge is -2.18. The van der Waals surface area contributed by atoms with Gasteiger partial charge in [-0.3, -0.25) is 4.79 Å². The Hall–Kier alpha value is -0.660. The van der Waals surface area contributed by atoms with Gasteiger partial charge < -0.3 is 9.64 Å². The van der Waals surface area contributed by atoms with Gasteiger partial charge >= 0.3 is 0 Å². The van der Waals surface area contributed by atoms with Crippen molar-refractivity contribution < 1.29 is 17.9 Å². The lowest BCUT2D eigenvalue weighted by molar-refractivity contribution is -0.136. The minimum Gasteiger partial charge on any atom is -0.369 e. The summed E-state index contributed by atoms with van der Waals surface area (Å²) in [5.74, 6) is -0.130. The van der Waals surface area contributed by atoms with Crippen LogP contribution in [0.2, 0.25) is 0 Å². The van der Waals surface area contributed by atoms with Gasteiger partial charge in [-0.25, -0.2) is 13.1 Å². The van der Waals surface area contributed by atoms with Gasteiger partial charge in [0.25, 0.3) is 0 Å². The number of hydrogen-bond donors (Lipinski definition) is 1. The first kappa shape index (κ1) is 16.4. The number of carbonyl (C=O) groups is 1. The molecule has 1 N–H and O–H groups in total. The Balaban J connectivity index is 2.45. The quantitative estimate of drug-likeness (QED) is 0.734. The summed E-state index contributed by atoms with van der Waals surface area (Å²) >= 11 is 0. The van der Waals surface area contributed by atoms with Crippen LogP contribution in [0.3, 0.4) is 0 Å². The van der Waals surface area contributed by atoms with Crippen LogP contribution in [0.5, 0.6) is 0 Å². The van der Waals surface area contributed by atoms with Crippen molar-refractivity contribution in [3.05, 3.63) is 0 Å². The van der Waals surface area contributed by atoms with Crippen LogP contribution >= 0.6 is 0 Å². The second-order valence-electron chi connectivity index (χ2n) is 4.82. The molecular weight excluding hydrogens is 268 g/mol. The summed E-state index contributed by atoms with van der Waals surface area (Å²) in [7, 11) is -3.30. The highest BCUT2D eigenvalue weighted by Crippen LogP contribution is 2.16. The highest BCUT2D eigenvalue weighted by atomic mass is 32.2. The van der Waals surface area contributed by atoms with Crippen molar-refractivity contribution >= 4 is 15.9 Å². The highest BCUT2D eigenvalue weighted by molar-refractivity contribution is 7.90. The van der Waals surface area contributed by atoms with Crippen molar-refractivity contribution in [2.75, 3.05) is 26.2 Å². The summed E-state index contributed by atoms with van der Waals surface area (Å²) in [6.45, 7) is 6.80. The fourth-order valence-corrected chi connectivity index (χ4v) is 3.38. The fraction of sp³-hybridized carbons (Fsp3) is 0.917. The third-order valence-corrected chi connectivity index (χ3v) is 5.30. The number of hydrogen-bond acceptors (Lipinski definition) is 4. The number of nitrogens with zero attached hydrogens (tertiary/aromatic N) is 1. The number of amides is 1. The van der Waals surface area contributed by atoms with Crippen LogP contribution in [0, 0.1) is 0 Å². The summed E-state index contributed by atoms with van der Waals surface area (Å²) in [5, 5.41) is -0.500. The second kappa shape index (κ2) is 7.21. The molecule has 0 aromatic rings. The van der Waals surface area contributed by atoms with Crippen molar-refractivity contribution in [3.63, 3.8) is 0 Å². The molecule has 0 aromatic carbocycles. The maximum absolute atomic E-state index is 11.9. The van der Waals surface area contributed by atoms with Crippen LogP contribution in [-0.2, 0) is 19.6 Å². The molecule has 1 aliphatic rings. The molecule has 1 aliphatic heterocycles. The summed E-state index contributed by atoms with van der Waals surface area (Å²) in [6.07, 6.45) is 1.39. The maximum atomic E-state index is 11.9. The Morgan fingerprint density at radius 1 is 1.47 bits per heavy atom. The predicted octanol–water partition coefficient (Wildman–Crippen LogP) is 0.342. The van der Waals surface area contributed by atoms with Crippen LogP contribution in [0.25, 0.3) is 0 Å². The Morgan fingerprint density at radius 3 is 2.74 bits per heavy atom. The van der Waals surface area contributed by atoms with Crippen LogP contribution in [0.1, 0.15) is 33.6 Å². The van der Waals surface area contributed by atoms with Crippen molar-refractivity contribution in [1.82, 2.24) is 9.62 Å². The SMILES string of the molecule is CCNS(=O)(=O)C1CCN(C(=O)COC(C)CC)C1. The van der Waals surface area contributed by atoms with Gasteiger partial charge in [0.2, 0.25) is 15.9 Å². The van der Waals surface area contributed by atoms with E-state index in [2.05, 4.69) is 4.72 Å². The lowest BCUT2D eigenvalue weighted by Crippen LogP contribution is -2.38. The molecular formula is C12H24N2O4S. The first-order chi connectivity index (χ1) is 8.90. The maximum Gasteiger partial charge on any atom is 0.248 e. The molecule has 0 radical (unpaired) electrons. The zero-order valence-electron chi connectivity index (χ0n) is 11.9. The number of likely N-dealkylation sites (tertiary alicyclic amines) is 1. The van der Waals surface area contributed by atoms with Gasteiger partial charge in [-0.1, -0.05) is 13.8 Å². The summed E-state index contributed by atoms with van der Waals surface area (Å²) < 4.78 is 31.5. The van der Waals surface area contributed by atoms with Gasteiger partial charge in [0, 0.05) is 19.6 Å². The van der Waals surface area contributed by atoms with Crippen molar-refractivity contribution in [2.24, 2.45) is 0 Å². The van der Waals surface area contributed by atoms with Gasteiger partial charge in [0.15, 0.2) is 0 Å². The molecule has 1 rings (SSSR count).